The van der Waals surface area contributed by atoms with Crippen LogP contribution in [0.15, 0.2) is 29.2 Å². The van der Waals surface area contributed by atoms with Gasteiger partial charge >= 0.3 is 0 Å². The van der Waals surface area contributed by atoms with E-state index < -0.39 is 22.2 Å². The average molecular weight is 313 g/mol. The Labute approximate surface area is 124 Å². The number of anilines is 1. The van der Waals surface area contributed by atoms with E-state index in [4.69, 9.17) is 0 Å². The van der Waals surface area contributed by atoms with E-state index in [0.717, 1.165) is 0 Å². The molecular weight excluding hydrogens is 294 g/mol. The lowest BCUT2D eigenvalue weighted by Gasteiger charge is -2.25. The number of likely N-dealkylation sites (N-methyl/N-ethyl adjacent to an activating group) is 1. The Morgan fingerprint density at radius 1 is 1.33 bits per heavy atom. The van der Waals surface area contributed by atoms with Gasteiger partial charge in [-0.05, 0) is 24.3 Å². The van der Waals surface area contributed by atoms with Gasteiger partial charge in [0.05, 0.1) is 17.0 Å². The molecular formula is C13H19N3O4S. The fraction of sp³-hybridized carbons (Fsp3) is 0.462. The van der Waals surface area contributed by atoms with Gasteiger partial charge in [-0.15, -0.1) is 0 Å². The molecule has 116 valence electrons. The van der Waals surface area contributed by atoms with Gasteiger partial charge in [0.25, 0.3) is 0 Å². The number of nitrogens with one attached hydrogen (secondary N) is 2. The van der Waals surface area contributed by atoms with Gasteiger partial charge in [-0.3, -0.25) is 4.79 Å². The molecule has 1 fully saturated rings. The maximum Gasteiger partial charge on any atom is 0.243 e. The van der Waals surface area contributed by atoms with Crippen LogP contribution in [-0.4, -0.2) is 56.0 Å². The summed E-state index contributed by atoms with van der Waals surface area (Å²) in [5.74, 6) is -0.220. The Morgan fingerprint density at radius 3 is 2.43 bits per heavy atom. The Hall–Kier alpha value is -1.48. The summed E-state index contributed by atoms with van der Waals surface area (Å²) in [6, 6.07) is 5.46. The number of benzene rings is 1. The number of hydrogen-bond acceptors (Lipinski definition) is 5. The molecule has 0 radical (unpaired) electrons. The minimum Gasteiger partial charge on any atom is -0.390 e. The predicted molar refractivity (Wildman–Crippen MR) is 78.4 cm³/mol. The van der Waals surface area contributed by atoms with Gasteiger partial charge in [0.2, 0.25) is 15.9 Å². The molecule has 0 aromatic heterocycles. The number of amides is 1. The van der Waals surface area contributed by atoms with Crippen molar-refractivity contribution < 1.29 is 18.3 Å². The molecule has 0 spiro atoms. The number of β-amino-alcohol motifs (C(OH)–C–C–N with tert-alkyl or cyclic N) is 1. The third-order valence-electron chi connectivity index (χ3n) is 3.47. The summed E-state index contributed by atoms with van der Waals surface area (Å²) in [5.41, 5.74) is 0.534. The first-order valence-electron chi connectivity index (χ1n) is 6.57. The number of aliphatic hydroxyl groups is 1. The van der Waals surface area contributed by atoms with Gasteiger partial charge < -0.3 is 15.7 Å². The molecule has 1 heterocycles. The van der Waals surface area contributed by atoms with E-state index in [1.807, 2.05) is 0 Å². The first-order valence-corrected chi connectivity index (χ1v) is 8.01. The normalized spacial score (nSPS) is 22.5. The smallest absolute Gasteiger partial charge is 0.243 e. The molecule has 1 saturated heterocycles. The number of carbonyl (C=O) groups excluding carboxylic acids is 1. The van der Waals surface area contributed by atoms with Crippen molar-refractivity contribution in [2.24, 2.45) is 0 Å². The average Bonchev–Trinajstić information content (AvgIpc) is 2.84. The number of rotatable bonds is 4. The van der Waals surface area contributed by atoms with Gasteiger partial charge in [0.1, 0.15) is 0 Å². The zero-order valence-electron chi connectivity index (χ0n) is 11.9. The highest BCUT2D eigenvalue weighted by Crippen LogP contribution is 2.21. The van der Waals surface area contributed by atoms with Gasteiger partial charge in [-0.2, -0.15) is 4.31 Å². The highest BCUT2D eigenvalue weighted by atomic mass is 32.2. The van der Waals surface area contributed by atoms with Crippen molar-refractivity contribution in [1.82, 2.24) is 9.62 Å². The van der Waals surface area contributed by atoms with E-state index in [1.54, 1.807) is 0 Å². The quantitative estimate of drug-likeness (QED) is 0.702. The zero-order valence-corrected chi connectivity index (χ0v) is 12.7. The maximum atomic E-state index is 12.5. The largest absolute Gasteiger partial charge is 0.390 e. The van der Waals surface area contributed by atoms with Crippen LogP contribution in [0.3, 0.4) is 0 Å². The van der Waals surface area contributed by atoms with Crippen molar-refractivity contribution in [3.05, 3.63) is 24.3 Å². The first-order chi connectivity index (χ1) is 9.82. The van der Waals surface area contributed by atoms with Crippen LogP contribution < -0.4 is 10.6 Å². The molecule has 2 atom stereocenters. The van der Waals surface area contributed by atoms with Crippen molar-refractivity contribution in [3.63, 3.8) is 0 Å². The second-order valence-corrected chi connectivity index (χ2v) is 7.02. The van der Waals surface area contributed by atoms with Crippen molar-refractivity contribution in [2.75, 3.05) is 25.5 Å². The van der Waals surface area contributed by atoms with E-state index in [0.29, 0.717) is 18.8 Å². The number of hydrogen-bond donors (Lipinski definition) is 3. The minimum atomic E-state index is -3.68. The Bertz CT molecular complexity index is 615. The summed E-state index contributed by atoms with van der Waals surface area (Å²) < 4.78 is 26.2. The summed E-state index contributed by atoms with van der Waals surface area (Å²) >= 11 is 0. The van der Waals surface area contributed by atoms with Crippen LogP contribution in [-0.2, 0) is 14.8 Å². The van der Waals surface area contributed by atoms with Crippen LogP contribution in [0.1, 0.15) is 6.92 Å². The zero-order chi connectivity index (χ0) is 15.6. The van der Waals surface area contributed by atoms with Crippen LogP contribution in [0.5, 0.6) is 0 Å². The van der Waals surface area contributed by atoms with Crippen molar-refractivity contribution >= 4 is 21.6 Å². The fourth-order valence-corrected chi connectivity index (χ4v) is 3.66. The third kappa shape index (κ3) is 3.41. The van der Waals surface area contributed by atoms with Gasteiger partial charge in [0, 0.05) is 32.7 Å². The van der Waals surface area contributed by atoms with Crippen LogP contribution in [0.4, 0.5) is 5.69 Å². The SMILES string of the molecule is CC(=O)Nc1ccc(S(=O)(=O)N(C)[C@H]2CNC[C@@H]2O)cc1. The minimum absolute atomic E-state index is 0.123. The lowest BCUT2D eigenvalue weighted by molar-refractivity contribution is -0.114. The monoisotopic (exact) mass is 313 g/mol. The van der Waals surface area contributed by atoms with Crippen molar-refractivity contribution in [3.8, 4) is 0 Å². The van der Waals surface area contributed by atoms with Crippen LogP contribution >= 0.6 is 0 Å². The second kappa shape index (κ2) is 6.10. The van der Waals surface area contributed by atoms with E-state index >= 15 is 0 Å². The van der Waals surface area contributed by atoms with Crippen LogP contribution in [0.2, 0.25) is 0 Å². The molecule has 1 aromatic rings. The molecule has 0 unspecified atom stereocenters. The van der Waals surface area contributed by atoms with Crippen LogP contribution in [0.25, 0.3) is 0 Å². The summed E-state index contributed by atoms with van der Waals surface area (Å²) in [5, 5.41) is 15.3. The number of aliphatic hydroxyl groups excluding tert-OH is 1. The van der Waals surface area contributed by atoms with Gasteiger partial charge in [0.15, 0.2) is 0 Å². The molecule has 1 aromatic carbocycles. The molecule has 1 aliphatic rings. The molecule has 0 saturated carbocycles. The third-order valence-corrected chi connectivity index (χ3v) is 5.37. The maximum absolute atomic E-state index is 12.5. The molecule has 21 heavy (non-hydrogen) atoms. The summed E-state index contributed by atoms with van der Waals surface area (Å²) in [6.07, 6.45) is -0.719. The molecule has 2 rings (SSSR count). The van der Waals surface area contributed by atoms with Crippen molar-refractivity contribution in [1.29, 1.82) is 0 Å². The highest BCUT2D eigenvalue weighted by Gasteiger charge is 2.35. The van der Waals surface area contributed by atoms with Crippen LogP contribution in [0, 0.1) is 0 Å². The lowest BCUT2D eigenvalue weighted by Crippen LogP contribution is -2.44. The molecule has 1 aliphatic heterocycles. The molecule has 0 aliphatic carbocycles. The summed E-state index contributed by atoms with van der Waals surface area (Å²) in [7, 11) is -2.22. The first kappa shape index (κ1) is 15.9. The topological polar surface area (TPSA) is 98.7 Å². The second-order valence-electron chi connectivity index (χ2n) is 5.02. The highest BCUT2D eigenvalue weighted by molar-refractivity contribution is 7.89. The van der Waals surface area contributed by atoms with Gasteiger partial charge in [-0.25, -0.2) is 8.42 Å². The van der Waals surface area contributed by atoms with E-state index in [2.05, 4.69) is 10.6 Å². The summed E-state index contributed by atoms with van der Waals surface area (Å²) in [4.78, 5) is 11.1. The lowest BCUT2D eigenvalue weighted by atomic mass is 10.2. The van der Waals surface area contributed by atoms with E-state index in [9.17, 15) is 18.3 Å². The fourth-order valence-electron chi connectivity index (χ4n) is 2.28. The van der Waals surface area contributed by atoms with Gasteiger partial charge in [-0.1, -0.05) is 0 Å². The predicted octanol–water partition coefficient (Wildman–Crippen LogP) is -0.402. The van der Waals surface area contributed by atoms with Crippen molar-refractivity contribution in [2.45, 2.75) is 24.0 Å². The molecule has 0 bridgehead atoms. The van der Waals surface area contributed by atoms with E-state index in [1.165, 1.54) is 42.5 Å². The van der Waals surface area contributed by atoms with E-state index in [-0.39, 0.29) is 10.8 Å². The number of nitrogens with zero attached hydrogens (tertiary/aromatic N) is 1. The Balaban J connectivity index is 2.20. The molecule has 8 heteroatoms. The standard InChI is InChI=1S/C13H19N3O4S/c1-9(17)15-10-3-5-11(6-4-10)21(19,20)16(2)12-7-14-8-13(12)18/h3-6,12-14,18H,7-8H2,1-2H3,(H,15,17)/t12-,13-/m0/s1. The number of carbonyl (C=O) groups is 1. The molecule has 1 amide bonds. The molecule has 3 N–H and O–H groups in total. The Morgan fingerprint density at radius 2 is 1.95 bits per heavy atom. The summed E-state index contributed by atoms with van der Waals surface area (Å²) in [6.45, 7) is 2.18. The number of sulfonamides is 1. The molecule has 7 nitrogen and oxygen atoms in total. The Kier molecular flexibility index (Phi) is 4.62.